The minimum atomic E-state index is -5.06. The Morgan fingerprint density at radius 1 is 0.957 bits per heavy atom. The molecular formula is C23H26N10O12P2. The molecule has 24 heteroatoms. The van der Waals surface area contributed by atoms with Gasteiger partial charge in [0, 0.05) is 5.57 Å². The molecule has 4 aromatic heterocycles. The zero-order valence-corrected chi connectivity index (χ0v) is 25.9. The maximum absolute atomic E-state index is 13.5. The lowest BCUT2D eigenvalue weighted by molar-refractivity contribution is -0.0182. The molecule has 0 saturated heterocycles. The van der Waals surface area contributed by atoms with Crippen LogP contribution in [0.4, 0.5) is 11.8 Å². The lowest BCUT2D eigenvalue weighted by Gasteiger charge is -2.25. The van der Waals surface area contributed by atoms with Crippen LogP contribution >= 0.6 is 15.6 Å². The van der Waals surface area contributed by atoms with E-state index in [9.17, 15) is 28.8 Å². The van der Waals surface area contributed by atoms with E-state index in [1.54, 1.807) is 6.92 Å². The summed E-state index contributed by atoms with van der Waals surface area (Å²) in [4.78, 5) is 56.6. The summed E-state index contributed by atoms with van der Waals surface area (Å²) in [7, 11) is -10.1. The number of hydrogen-bond donors (Lipinski definition) is 6. The van der Waals surface area contributed by atoms with Gasteiger partial charge in [-0.3, -0.25) is 37.4 Å². The molecule has 2 bridgehead atoms. The number of nitrogens with zero attached hydrogens (tertiary/aromatic N) is 7. The molecule has 0 amide bonds. The highest BCUT2D eigenvalue weighted by Crippen LogP contribution is 2.55. The lowest BCUT2D eigenvalue weighted by atomic mass is 10.0. The molecule has 3 aliphatic rings. The Hall–Kier alpha value is -4.40. The van der Waals surface area contributed by atoms with E-state index in [1.807, 2.05) is 0 Å². The number of aromatic nitrogens is 8. The normalized spacial score (nSPS) is 30.0. The van der Waals surface area contributed by atoms with Gasteiger partial charge in [-0.1, -0.05) is 13.3 Å². The zero-order chi connectivity index (χ0) is 33.2. The SMILES string of the molecule is CCCC1=C2COP(=O)(O)OC3=C(COP(=O)(O)OC1[C@H](n1cnc4c(=O)[nH]c(N)nc41)O2)O[C@@H](n1cnc2c(N)ncnc21)C3O. The number of aliphatic hydroxyl groups excluding tert-OH is 1. The second kappa shape index (κ2) is 11.4. The molecule has 8 N–H and O–H groups in total. The molecule has 0 saturated carbocycles. The highest BCUT2D eigenvalue weighted by atomic mass is 31.2. The fraction of sp³-hybridized carbons (Fsp3) is 0.391. The summed E-state index contributed by atoms with van der Waals surface area (Å²) in [5.74, 6) is -1.31. The van der Waals surface area contributed by atoms with Crippen LogP contribution in [-0.2, 0) is 36.7 Å². The van der Waals surface area contributed by atoms with Crippen molar-refractivity contribution in [3.05, 3.63) is 52.2 Å². The Morgan fingerprint density at radius 2 is 1.64 bits per heavy atom. The number of rotatable bonds is 4. The van der Waals surface area contributed by atoms with Crippen LogP contribution in [-0.4, -0.2) is 79.4 Å². The number of nitrogen functional groups attached to an aromatic ring is 2. The molecule has 250 valence electrons. The van der Waals surface area contributed by atoms with Gasteiger partial charge in [-0.25, -0.2) is 29.1 Å². The number of ether oxygens (including phenoxy) is 2. The summed E-state index contributed by atoms with van der Waals surface area (Å²) in [6.45, 7) is 0.227. The van der Waals surface area contributed by atoms with Crippen molar-refractivity contribution in [1.82, 2.24) is 39.0 Å². The average Bonchev–Trinajstić information content (AvgIpc) is 3.76. The van der Waals surface area contributed by atoms with E-state index >= 15 is 0 Å². The Labute approximate surface area is 261 Å². The van der Waals surface area contributed by atoms with Gasteiger partial charge >= 0.3 is 15.6 Å². The summed E-state index contributed by atoms with van der Waals surface area (Å²) in [5, 5.41) is 11.2. The van der Waals surface area contributed by atoms with Crippen LogP contribution in [0.1, 0.15) is 32.2 Å². The minimum absolute atomic E-state index is 0.0388. The molecule has 0 spiro atoms. The number of H-pyrrole nitrogens is 1. The van der Waals surface area contributed by atoms with Crippen molar-refractivity contribution in [2.75, 3.05) is 24.7 Å². The van der Waals surface area contributed by atoms with E-state index in [0.29, 0.717) is 6.42 Å². The van der Waals surface area contributed by atoms with E-state index in [0.717, 1.165) is 6.33 Å². The van der Waals surface area contributed by atoms with Crippen molar-refractivity contribution < 1.29 is 51.6 Å². The van der Waals surface area contributed by atoms with Crippen LogP contribution in [0.15, 0.2) is 46.6 Å². The van der Waals surface area contributed by atoms with Crippen LogP contribution in [0.25, 0.3) is 22.3 Å². The van der Waals surface area contributed by atoms with Gasteiger partial charge in [0.1, 0.15) is 43.5 Å². The van der Waals surface area contributed by atoms with E-state index in [-0.39, 0.29) is 51.8 Å². The molecule has 7 heterocycles. The van der Waals surface area contributed by atoms with E-state index in [2.05, 4.69) is 29.9 Å². The first kappa shape index (κ1) is 31.2. The van der Waals surface area contributed by atoms with Gasteiger partial charge in [-0.2, -0.15) is 4.98 Å². The van der Waals surface area contributed by atoms with Crippen molar-refractivity contribution >= 4 is 49.7 Å². The second-order valence-electron chi connectivity index (χ2n) is 10.4. The largest absolute Gasteiger partial charge is 0.527 e. The predicted molar refractivity (Wildman–Crippen MR) is 155 cm³/mol. The molecule has 0 aliphatic carbocycles. The number of nitrogens with two attached hydrogens (primary N) is 2. The quantitative estimate of drug-likeness (QED) is 0.158. The molecule has 47 heavy (non-hydrogen) atoms. The third kappa shape index (κ3) is 5.53. The number of imidazole rings is 2. The van der Waals surface area contributed by atoms with Crippen LogP contribution in [0.5, 0.6) is 0 Å². The first-order valence-electron chi connectivity index (χ1n) is 13.8. The molecule has 6 atom stereocenters. The maximum Gasteiger partial charge on any atom is 0.527 e. The first-order chi connectivity index (χ1) is 22.4. The summed E-state index contributed by atoms with van der Waals surface area (Å²) in [6, 6.07) is 0. The first-order valence-corrected chi connectivity index (χ1v) is 16.8. The molecule has 0 fully saturated rings. The fourth-order valence-corrected chi connectivity index (χ4v) is 7.03. The predicted octanol–water partition coefficient (Wildman–Crippen LogP) is 0.458. The highest BCUT2D eigenvalue weighted by molar-refractivity contribution is 7.47. The van der Waals surface area contributed by atoms with E-state index < -0.39 is 70.6 Å². The van der Waals surface area contributed by atoms with Crippen LogP contribution in [0.2, 0.25) is 0 Å². The number of phosphoric ester groups is 2. The number of hydrogen-bond acceptors (Lipinski definition) is 17. The topological polar surface area (TPSA) is 309 Å². The van der Waals surface area contributed by atoms with E-state index in [1.165, 1.54) is 21.8 Å². The van der Waals surface area contributed by atoms with Gasteiger partial charge in [0.15, 0.2) is 46.4 Å². The highest BCUT2D eigenvalue weighted by Gasteiger charge is 2.48. The minimum Gasteiger partial charge on any atom is -0.469 e. The van der Waals surface area contributed by atoms with Crippen molar-refractivity contribution in [2.24, 2.45) is 0 Å². The fourth-order valence-electron chi connectivity index (χ4n) is 5.38. The van der Waals surface area contributed by atoms with Crippen molar-refractivity contribution in [2.45, 2.75) is 44.4 Å². The standard InChI is InChI=1S/C23H26N10O12P2/c1-2-3-9-10-4-40-47(38,39)45-16-11(43-21(14(16)34)32-7-28-12-17(24)26-6-27-18(12)32)5-41-46(36,37)44-15(9)22(42-10)33-8-29-13-19(33)30-23(25)31-20(13)35/h6-8,14-15,21-22,34H,2-5H2,1H3,(H,36,37)(H,38,39)(H2,24,26,27)(H3,25,30,31,35)/t14?,15?,21-,22-/m1/s1. The number of aromatic amines is 1. The van der Waals surface area contributed by atoms with Crippen LogP contribution in [0, 0.1) is 0 Å². The van der Waals surface area contributed by atoms with Gasteiger partial charge in [0.05, 0.1) is 0 Å². The average molecular weight is 696 g/mol. The summed E-state index contributed by atoms with van der Waals surface area (Å²) < 4.78 is 62.5. The molecule has 3 aliphatic heterocycles. The number of fused-ring (bicyclic) bond motifs is 3. The number of anilines is 2. The van der Waals surface area contributed by atoms with Gasteiger partial charge in [-0.15, -0.1) is 0 Å². The zero-order valence-electron chi connectivity index (χ0n) is 24.1. The van der Waals surface area contributed by atoms with Crippen molar-refractivity contribution in [3.63, 3.8) is 0 Å². The maximum atomic E-state index is 13.5. The van der Waals surface area contributed by atoms with Gasteiger partial charge < -0.3 is 35.5 Å². The Bertz CT molecular complexity index is 2130. The molecular weight excluding hydrogens is 670 g/mol. The Kier molecular flexibility index (Phi) is 7.56. The van der Waals surface area contributed by atoms with Gasteiger partial charge in [-0.05, 0) is 6.42 Å². The molecule has 4 aromatic rings. The van der Waals surface area contributed by atoms with Crippen molar-refractivity contribution in [3.8, 4) is 0 Å². The third-order valence-electron chi connectivity index (χ3n) is 7.38. The molecule has 22 nitrogen and oxygen atoms in total. The molecule has 0 radical (unpaired) electrons. The Morgan fingerprint density at radius 3 is 2.40 bits per heavy atom. The number of aliphatic hydroxyl groups is 1. The molecule has 7 rings (SSSR count). The molecule has 4 unspecified atom stereocenters. The third-order valence-corrected chi connectivity index (χ3v) is 9.22. The summed E-state index contributed by atoms with van der Waals surface area (Å²) in [6.07, 6.45) is -1.65. The van der Waals surface area contributed by atoms with E-state index in [4.69, 9.17) is 39.0 Å². The van der Waals surface area contributed by atoms with Gasteiger partial charge in [0.25, 0.3) is 5.56 Å². The van der Waals surface area contributed by atoms with Crippen LogP contribution in [0.3, 0.4) is 0 Å². The van der Waals surface area contributed by atoms with Crippen molar-refractivity contribution in [1.29, 1.82) is 0 Å². The Balaban J connectivity index is 1.25. The smallest absolute Gasteiger partial charge is 0.469 e. The molecule has 0 aromatic carbocycles. The summed E-state index contributed by atoms with van der Waals surface area (Å²) in [5.41, 5.74) is 11.4. The monoisotopic (exact) mass is 696 g/mol. The van der Waals surface area contributed by atoms with Crippen LogP contribution < -0.4 is 17.0 Å². The number of nitrogens with one attached hydrogen (secondary N) is 1. The van der Waals surface area contributed by atoms with Gasteiger partial charge in [0.2, 0.25) is 18.4 Å². The number of phosphoric acid groups is 2. The summed E-state index contributed by atoms with van der Waals surface area (Å²) >= 11 is 0. The second-order valence-corrected chi connectivity index (χ2v) is 13.2. The lowest BCUT2D eigenvalue weighted by Crippen LogP contribution is -2.26.